The Labute approximate surface area is 217 Å². The average molecular weight is 545 g/mol. The van der Waals surface area contributed by atoms with Gasteiger partial charge in [0.2, 0.25) is 21.8 Å². The van der Waals surface area contributed by atoms with E-state index < -0.39 is 28.5 Å². The van der Waals surface area contributed by atoms with Crippen LogP contribution in [0.4, 0.5) is 5.69 Å². The van der Waals surface area contributed by atoms with E-state index in [1.807, 2.05) is 6.92 Å². The van der Waals surface area contributed by atoms with Gasteiger partial charge in [0.05, 0.1) is 19.1 Å². The van der Waals surface area contributed by atoms with E-state index in [0.29, 0.717) is 34.3 Å². The van der Waals surface area contributed by atoms with Crippen molar-refractivity contribution in [1.29, 1.82) is 0 Å². The van der Waals surface area contributed by atoms with Crippen LogP contribution in [-0.2, 0) is 26.2 Å². The standard InChI is InChI=1S/C24H31Cl2N3O5S/c1-5-13-27-24(31)20(6-2)28(15-17-11-12-18(25)14-19(17)26)23(30)16-29(35(4,32)33)21-9-7-8-10-22(21)34-3/h7-12,14,20H,5-6,13,15-16H2,1-4H3,(H,27,31)/t20-/m0/s1. The molecule has 11 heteroatoms. The predicted molar refractivity (Wildman–Crippen MR) is 140 cm³/mol. The van der Waals surface area contributed by atoms with Gasteiger partial charge in [-0.05, 0) is 42.7 Å². The van der Waals surface area contributed by atoms with Crippen LogP contribution < -0.4 is 14.4 Å². The number of hydrogen-bond acceptors (Lipinski definition) is 5. The highest BCUT2D eigenvalue weighted by Crippen LogP contribution is 2.30. The van der Waals surface area contributed by atoms with Crippen molar-refractivity contribution in [3.05, 3.63) is 58.1 Å². The number of carbonyl (C=O) groups excluding carboxylic acids is 2. The summed E-state index contributed by atoms with van der Waals surface area (Å²) in [5.41, 5.74) is 0.799. The molecular formula is C24H31Cl2N3O5S. The van der Waals surface area contributed by atoms with Gasteiger partial charge in [0.25, 0.3) is 0 Å². The third kappa shape index (κ3) is 7.75. The molecule has 0 radical (unpaired) electrons. The zero-order valence-corrected chi connectivity index (χ0v) is 22.6. The van der Waals surface area contributed by atoms with Crippen molar-refractivity contribution in [2.24, 2.45) is 0 Å². The molecule has 0 spiro atoms. The maximum atomic E-state index is 13.7. The van der Waals surface area contributed by atoms with E-state index in [2.05, 4.69) is 5.32 Å². The van der Waals surface area contributed by atoms with Crippen LogP contribution in [0.1, 0.15) is 32.3 Å². The minimum atomic E-state index is -3.87. The molecule has 0 bridgehead atoms. The lowest BCUT2D eigenvalue weighted by Gasteiger charge is -2.33. The van der Waals surface area contributed by atoms with Crippen molar-refractivity contribution in [2.75, 3.05) is 30.8 Å². The number of rotatable bonds is 12. The second-order valence-electron chi connectivity index (χ2n) is 7.91. The Morgan fingerprint density at radius 1 is 1.11 bits per heavy atom. The minimum absolute atomic E-state index is 0.00356. The summed E-state index contributed by atoms with van der Waals surface area (Å²) in [6, 6.07) is 10.5. The normalized spacial score (nSPS) is 12.1. The molecule has 192 valence electrons. The number of nitrogens with zero attached hydrogens (tertiary/aromatic N) is 2. The van der Waals surface area contributed by atoms with Crippen LogP contribution in [0, 0.1) is 0 Å². The molecule has 35 heavy (non-hydrogen) atoms. The van der Waals surface area contributed by atoms with Crippen molar-refractivity contribution < 1.29 is 22.7 Å². The van der Waals surface area contributed by atoms with E-state index in [4.69, 9.17) is 27.9 Å². The first kappa shape index (κ1) is 28.7. The summed E-state index contributed by atoms with van der Waals surface area (Å²) in [6.07, 6.45) is 2.06. The average Bonchev–Trinajstić information content (AvgIpc) is 2.81. The highest BCUT2D eigenvalue weighted by atomic mass is 35.5. The van der Waals surface area contributed by atoms with Crippen LogP contribution in [0.25, 0.3) is 0 Å². The highest BCUT2D eigenvalue weighted by molar-refractivity contribution is 7.92. The fourth-order valence-corrected chi connectivity index (χ4v) is 4.87. The molecule has 8 nitrogen and oxygen atoms in total. The summed E-state index contributed by atoms with van der Waals surface area (Å²) in [6.45, 7) is 3.64. The van der Waals surface area contributed by atoms with Gasteiger partial charge in [0.15, 0.2) is 0 Å². The molecule has 1 N–H and O–H groups in total. The highest BCUT2D eigenvalue weighted by Gasteiger charge is 2.32. The molecule has 0 fully saturated rings. The quantitative estimate of drug-likeness (QED) is 0.434. The van der Waals surface area contributed by atoms with Gasteiger partial charge in [0.1, 0.15) is 18.3 Å². The van der Waals surface area contributed by atoms with Crippen LogP contribution in [0.5, 0.6) is 5.75 Å². The third-order valence-electron chi connectivity index (χ3n) is 5.32. The van der Waals surface area contributed by atoms with Crippen LogP contribution in [-0.4, -0.2) is 57.6 Å². The maximum absolute atomic E-state index is 13.7. The number of sulfonamides is 1. The number of hydrogen-bond donors (Lipinski definition) is 1. The van der Waals surface area contributed by atoms with Gasteiger partial charge in [0, 0.05) is 23.1 Å². The number of halogens is 2. The number of methoxy groups -OCH3 is 1. The Hall–Kier alpha value is -2.49. The monoisotopic (exact) mass is 543 g/mol. The summed E-state index contributed by atoms with van der Waals surface area (Å²) in [4.78, 5) is 28.0. The molecule has 0 aliphatic carbocycles. The van der Waals surface area contributed by atoms with Gasteiger partial charge < -0.3 is 15.0 Å². The number of para-hydroxylation sites is 2. The van der Waals surface area contributed by atoms with E-state index in [1.54, 1.807) is 49.4 Å². The van der Waals surface area contributed by atoms with Gasteiger partial charge in [-0.25, -0.2) is 8.42 Å². The fourth-order valence-electron chi connectivity index (χ4n) is 3.55. The van der Waals surface area contributed by atoms with Crippen molar-refractivity contribution in [2.45, 2.75) is 39.3 Å². The maximum Gasteiger partial charge on any atom is 0.244 e. The fraction of sp³-hybridized carbons (Fsp3) is 0.417. The van der Waals surface area contributed by atoms with E-state index in [-0.39, 0.29) is 18.1 Å². The van der Waals surface area contributed by atoms with Crippen LogP contribution in [0.3, 0.4) is 0 Å². The van der Waals surface area contributed by atoms with Crippen molar-refractivity contribution in [3.63, 3.8) is 0 Å². The van der Waals surface area contributed by atoms with Gasteiger partial charge in [-0.3, -0.25) is 13.9 Å². The van der Waals surface area contributed by atoms with Crippen molar-refractivity contribution in [1.82, 2.24) is 10.2 Å². The lowest BCUT2D eigenvalue weighted by Crippen LogP contribution is -2.52. The van der Waals surface area contributed by atoms with Crippen molar-refractivity contribution in [3.8, 4) is 5.75 Å². The lowest BCUT2D eigenvalue weighted by atomic mass is 10.1. The van der Waals surface area contributed by atoms with Crippen LogP contribution >= 0.6 is 23.2 Å². The second kappa shape index (κ2) is 13.0. The molecule has 1 atom stereocenters. The Kier molecular flexibility index (Phi) is 10.7. The summed E-state index contributed by atoms with van der Waals surface area (Å²) >= 11 is 12.4. The molecule has 0 heterocycles. The van der Waals surface area contributed by atoms with Gasteiger partial charge in [-0.2, -0.15) is 0 Å². The predicted octanol–water partition coefficient (Wildman–Crippen LogP) is 4.10. The first-order chi connectivity index (χ1) is 16.5. The summed E-state index contributed by atoms with van der Waals surface area (Å²) < 4.78 is 31.7. The number of nitrogens with one attached hydrogen (secondary N) is 1. The molecule has 0 aliphatic rings. The zero-order chi connectivity index (χ0) is 26.2. The molecular weight excluding hydrogens is 513 g/mol. The van der Waals surface area contributed by atoms with E-state index in [9.17, 15) is 18.0 Å². The Balaban J connectivity index is 2.49. The molecule has 0 saturated heterocycles. The number of carbonyl (C=O) groups is 2. The second-order valence-corrected chi connectivity index (χ2v) is 10.7. The summed E-state index contributed by atoms with van der Waals surface area (Å²) in [7, 11) is -2.45. The SMILES string of the molecule is CCCNC(=O)[C@H](CC)N(Cc1ccc(Cl)cc1Cl)C(=O)CN(c1ccccc1OC)S(C)(=O)=O. The number of anilines is 1. The number of benzene rings is 2. The van der Waals surface area contributed by atoms with E-state index >= 15 is 0 Å². The summed E-state index contributed by atoms with van der Waals surface area (Å²) in [5.74, 6) is -0.590. The van der Waals surface area contributed by atoms with Gasteiger partial charge in [-0.1, -0.05) is 55.2 Å². The molecule has 0 aliphatic heterocycles. The van der Waals surface area contributed by atoms with Crippen molar-refractivity contribution >= 4 is 50.7 Å². The zero-order valence-electron chi connectivity index (χ0n) is 20.3. The van der Waals surface area contributed by atoms with Crippen LogP contribution in [0.2, 0.25) is 10.0 Å². The molecule has 2 rings (SSSR count). The molecule has 2 amide bonds. The first-order valence-electron chi connectivity index (χ1n) is 11.1. The molecule has 2 aromatic carbocycles. The minimum Gasteiger partial charge on any atom is -0.495 e. The number of ether oxygens (including phenoxy) is 1. The lowest BCUT2D eigenvalue weighted by molar-refractivity contribution is -0.140. The summed E-state index contributed by atoms with van der Waals surface area (Å²) in [5, 5.41) is 3.59. The Morgan fingerprint density at radius 3 is 2.37 bits per heavy atom. The molecule has 0 unspecified atom stereocenters. The Bertz CT molecular complexity index is 1140. The third-order valence-corrected chi connectivity index (χ3v) is 7.04. The Morgan fingerprint density at radius 2 is 1.80 bits per heavy atom. The molecule has 0 saturated carbocycles. The topological polar surface area (TPSA) is 96.0 Å². The first-order valence-corrected chi connectivity index (χ1v) is 13.8. The molecule has 2 aromatic rings. The molecule has 0 aromatic heterocycles. The van der Waals surface area contributed by atoms with E-state index in [1.165, 1.54) is 12.0 Å². The number of amides is 2. The largest absolute Gasteiger partial charge is 0.495 e. The smallest absolute Gasteiger partial charge is 0.244 e. The van der Waals surface area contributed by atoms with Gasteiger partial charge in [-0.15, -0.1) is 0 Å². The van der Waals surface area contributed by atoms with Crippen LogP contribution in [0.15, 0.2) is 42.5 Å². The van der Waals surface area contributed by atoms with E-state index in [0.717, 1.165) is 17.0 Å². The van der Waals surface area contributed by atoms with Gasteiger partial charge >= 0.3 is 0 Å².